The van der Waals surface area contributed by atoms with Gasteiger partial charge in [-0.3, -0.25) is 14.9 Å². The van der Waals surface area contributed by atoms with Crippen LogP contribution in [0.25, 0.3) is 0 Å². The molecule has 3 aliphatic rings. The molecule has 2 amide bonds. The number of benzene rings is 1. The minimum Gasteiger partial charge on any atom is -0.481 e. The van der Waals surface area contributed by atoms with E-state index in [-0.39, 0.29) is 17.6 Å². The van der Waals surface area contributed by atoms with Crippen molar-refractivity contribution >= 4 is 17.5 Å². The summed E-state index contributed by atoms with van der Waals surface area (Å²) in [6.07, 6.45) is 1.85. The number of hydrogen-bond donors (Lipinski definition) is 1. The van der Waals surface area contributed by atoms with E-state index in [0.29, 0.717) is 31.8 Å². The molecule has 4 rings (SSSR count). The molecule has 3 fully saturated rings. The zero-order valence-corrected chi connectivity index (χ0v) is 14.0. The molecule has 1 atom stereocenters. The number of anilines is 1. The highest BCUT2D eigenvalue weighted by atomic mass is 16.7. The van der Waals surface area contributed by atoms with Crippen molar-refractivity contribution < 1.29 is 23.8 Å². The normalized spacial score (nSPS) is 25.9. The lowest BCUT2D eigenvalue weighted by Crippen LogP contribution is -2.46. The Morgan fingerprint density at radius 3 is 2.40 bits per heavy atom. The van der Waals surface area contributed by atoms with Gasteiger partial charge in [0, 0.05) is 44.5 Å². The van der Waals surface area contributed by atoms with Crippen molar-refractivity contribution in [3.05, 3.63) is 24.3 Å². The van der Waals surface area contributed by atoms with Crippen LogP contribution in [0, 0.1) is 0 Å². The van der Waals surface area contributed by atoms with E-state index in [0.717, 1.165) is 31.6 Å². The maximum absolute atomic E-state index is 11.8. The molecule has 0 saturated carbocycles. The van der Waals surface area contributed by atoms with Crippen molar-refractivity contribution in [2.75, 3.05) is 31.2 Å². The minimum atomic E-state index is -0.602. The highest BCUT2D eigenvalue weighted by Gasteiger charge is 2.39. The summed E-state index contributed by atoms with van der Waals surface area (Å²) in [5.41, 5.74) is 1.11. The Kier molecular flexibility index (Phi) is 4.35. The summed E-state index contributed by atoms with van der Waals surface area (Å²) in [7, 11) is 0. The number of carbonyl (C=O) groups is 2. The molecule has 25 heavy (non-hydrogen) atoms. The maximum Gasteiger partial charge on any atom is 0.267 e. The van der Waals surface area contributed by atoms with Gasteiger partial charge in [-0.15, -0.1) is 0 Å². The van der Waals surface area contributed by atoms with E-state index in [2.05, 4.69) is 10.2 Å². The Hall–Kier alpha value is -2.12. The molecule has 134 valence electrons. The van der Waals surface area contributed by atoms with Gasteiger partial charge in [-0.1, -0.05) is 0 Å². The van der Waals surface area contributed by atoms with Gasteiger partial charge in [-0.25, -0.2) is 0 Å². The fourth-order valence-corrected chi connectivity index (χ4v) is 3.58. The summed E-state index contributed by atoms with van der Waals surface area (Å²) in [5, 5.41) is 2.30. The molecule has 7 heteroatoms. The van der Waals surface area contributed by atoms with Gasteiger partial charge in [0.25, 0.3) is 5.91 Å². The second-order valence-corrected chi connectivity index (χ2v) is 6.65. The molecular weight excluding hydrogens is 324 g/mol. The lowest BCUT2D eigenvalue weighted by atomic mass is 10.0. The number of amides is 2. The Morgan fingerprint density at radius 2 is 1.76 bits per heavy atom. The molecule has 1 spiro atoms. The average Bonchev–Trinajstić information content (AvgIpc) is 3.07. The van der Waals surface area contributed by atoms with E-state index in [4.69, 9.17) is 14.2 Å². The van der Waals surface area contributed by atoms with Crippen LogP contribution in [0.5, 0.6) is 5.75 Å². The van der Waals surface area contributed by atoms with Crippen LogP contribution in [-0.4, -0.2) is 50.0 Å². The van der Waals surface area contributed by atoms with Crippen LogP contribution in [0.15, 0.2) is 24.3 Å². The predicted molar refractivity (Wildman–Crippen MR) is 89.3 cm³/mol. The zero-order chi connectivity index (χ0) is 17.3. The SMILES string of the molecule is O=C1CCC(Oc2ccc(N3CCC4(CC3)OCCO4)cc2)C(=O)N1. The third-order valence-corrected chi connectivity index (χ3v) is 5.01. The molecule has 7 nitrogen and oxygen atoms in total. The zero-order valence-electron chi connectivity index (χ0n) is 14.0. The van der Waals surface area contributed by atoms with Gasteiger partial charge in [0.15, 0.2) is 11.9 Å². The molecule has 1 N–H and O–H groups in total. The largest absolute Gasteiger partial charge is 0.481 e. The van der Waals surface area contributed by atoms with Gasteiger partial charge in [-0.2, -0.15) is 0 Å². The Balaban J connectivity index is 1.34. The quantitative estimate of drug-likeness (QED) is 0.829. The fraction of sp³-hybridized carbons (Fsp3) is 0.556. The van der Waals surface area contributed by atoms with Gasteiger partial charge in [0.2, 0.25) is 5.91 Å². The van der Waals surface area contributed by atoms with Gasteiger partial charge >= 0.3 is 0 Å². The van der Waals surface area contributed by atoms with Crippen LogP contribution in [0.1, 0.15) is 25.7 Å². The molecule has 0 radical (unpaired) electrons. The molecule has 3 heterocycles. The van der Waals surface area contributed by atoms with Crippen LogP contribution >= 0.6 is 0 Å². The van der Waals surface area contributed by atoms with E-state index in [9.17, 15) is 9.59 Å². The first-order valence-electron chi connectivity index (χ1n) is 8.77. The third-order valence-electron chi connectivity index (χ3n) is 5.01. The molecule has 0 aromatic heterocycles. The van der Waals surface area contributed by atoms with E-state index >= 15 is 0 Å². The van der Waals surface area contributed by atoms with Crippen molar-refractivity contribution in [2.24, 2.45) is 0 Å². The lowest BCUT2D eigenvalue weighted by Gasteiger charge is -2.38. The smallest absolute Gasteiger partial charge is 0.267 e. The summed E-state index contributed by atoms with van der Waals surface area (Å²) >= 11 is 0. The Bertz CT molecular complexity index is 644. The van der Waals surface area contributed by atoms with E-state index < -0.39 is 6.10 Å². The van der Waals surface area contributed by atoms with Crippen LogP contribution in [0.4, 0.5) is 5.69 Å². The van der Waals surface area contributed by atoms with Crippen LogP contribution in [-0.2, 0) is 19.1 Å². The maximum atomic E-state index is 11.8. The van der Waals surface area contributed by atoms with Crippen LogP contribution < -0.4 is 15.0 Å². The van der Waals surface area contributed by atoms with Gasteiger partial charge in [0.1, 0.15) is 5.75 Å². The van der Waals surface area contributed by atoms with Crippen molar-refractivity contribution in [1.29, 1.82) is 0 Å². The number of carbonyl (C=O) groups excluding carboxylic acids is 2. The van der Waals surface area contributed by atoms with Gasteiger partial charge in [0.05, 0.1) is 13.2 Å². The molecule has 1 aromatic rings. The second-order valence-electron chi connectivity index (χ2n) is 6.65. The number of rotatable bonds is 3. The number of hydrogen-bond acceptors (Lipinski definition) is 6. The van der Waals surface area contributed by atoms with Crippen molar-refractivity contribution in [2.45, 2.75) is 37.6 Å². The number of ether oxygens (including phenoxy) is 3. The van der Waals surface area contributed by atoms with Crippen LogP contribution in [0.3, 0.4) is 0 Å². The van der Waals surface area contributed by atoms with E-state index in [1.54, 1.807) is 0 Å². The van der Waals surface area contributed by atoms with Gasteiger partial charge < -0.3 is 19.1 Å². The molecule has 1 unspecified atom stereocenters. The lowest BCUT2D eigenvalue weighted by molar-refractivity contribution is -0.169. The monoisotopic (exact) mass is 346 g/mol. The number of nitrogens with one attached hydrogen (secondary N) is 1. The van der Waals surface area contributed by atoms with Crippen molar-refractivity contribution in [3.8, 4) is 5.75 Å². The first kappa shape index (κ1) is 16.4. The van der Waals surface area contributed by atoms with Crippen molar-refractivity contribution in [3.63, 3.8) is 0 Å². The van der Waals surface area contributed by atoms with Crippen molar-refractivity contribution in [1.82, 2.24) is 5.32 Å². The molecule has 3 saturated heterocycles. The number of nitrogens with zero attached hydrogens (tertiary/aromatic N) is 1. The standard InChI is InChI=1S/C18H22N2O5/c21-16-6-5-15(17(22)19-16)25-14-3-1-13(2-4-14)20-9-7-18(8-10-20)23-11-12-24-18/h1-4,15H,5-12H2,(H,19,21,22). The van der Waals surface area contributed by atoms with E-state index in [1.165, 1.54) is 0 Å². The second kappa shape index (κ2) is 6.65. The highest BCUT2D eigenvalue weighted by molar-refractivity contribution is 5.99. The fourth-order valence-electron chi connectivity index (χ4n) is 3.58. The highest BCUT2D eigenvalue weighted by Crippen LogP contribution is 2.33. The molecular formula is C18H22N2O5. The average molecular weight is 346 g/mol. The summed E-state index contributed by atoms with van der Waals surface area (Å²) in [4.78, 5) is 25.2. The molecule has 3 aliphatic heterocycles. The topological polar surface area (TPSA) is 77.1 Å². The first-order valence-corrected chi connectivity index (χ1v) is 8.77. The van der Waals surface area contributed by atoms with Gasteiger partial charge in [-0.05, 0) is 24.3 Å². The van der Waals surface area contributed by atoms with E-state index in [1.807, 2.05) is 24.3 Å². The predicted octanol–water partition coefficient (Wildman–Crippen LogP) is 1.21. The summed E-state index contributed by atoms with van der Waals surface area (Å²) in [6, 6.07) is 7.73. The summed E-state index contributed by atoms with van der Waals surface area (Å²) in [5.74, 6) is -0.337. The van der Waals surface area contributed by atoms with Crippen LogP contribution in [0.2, 0.25) is 0 Å². The Labute approximate surface area is 146 Å². The molecule has 0 aliphatic carbocycles. The molecule has 1 aromatic carbocycles. The summed E-state index contributed by atoms with van der Waals surface area (Å²) in [6.45, 7) is 3.14. The Morgan fingerprint density at radius 1 is 1.08 bits per heavy atom. The summed E-state index contributed by atoms with van der Waals surface area (Å²) < 4.78 is 17.2. The molecule has 0 bridgehead atoms. The first-order chi connectivity index (χ1) is 12.1. The number of piperidine rings is 2. The number of imide groups is 1. The minimum absolute atomic E-state index is 0.238. The third kappa shape index (κ3) is 3.48.